The molecule has 0 radical (unpaired) electrons. The van der Waals surface area contributed by atoms with E-state index in [4.69, 9.17) is 11.6 Å². The van der Waals surface area contributed by atoms with Crippen LogP contribution in [0.2, 0.25) is 5.02 Å². The molecule has 1 amide bonds. The molecule has 2 heterocycles. The van der Waals surface area contributed by atoms with Gasteiger partial charge in [0.1, 0.15) is 5.82 Å². The summed E-state index contributed by atoms with van der Waals surface area (Å²) in [7, 11) is 2.98. The van der Waals surface area contributed by atoms with Crippen molar-refractivity contribution >= 4 is 29.4 Å². The van der Waals surface area contributed by atoms with Gasteiger partial charge in [-0.2, -0.15) is 23.0 Å². The highest BCUT2D eigenvalue weighted by molar-refractivity contribution is 6.34. The van der Waals surface area contributed by atoms with Gasteiger partial charge in [0.25, 0.3) is 11.8 Å². The highest BCUT2D eigenvalue weighted by Crippen LogP contribution is 2.38. The minimum Gasteiger partial charge on any atom is -0.478 e. The Kier molecular flexibility index (Phi) is 8.99. The molecule has 8 nitrogen and oxygen atoms in total. The van der Waals surface area contributed by atoms with Crippen LogP contribution in [0.15, 0.2) is 36.4 Å². The zero-order chi connectivity index (χ0) is 33.7. The number of benzene rings is 2. The van der Waals surface area contributed by atoms with E-state index in [1.807, 2.05) is 0 Å². The molecule has 0 bridgehead atoms. The number of carboxylic acids is 1. The molecule has 1 saturated heterocycles. The van der Waals surface area contributed by atoms with E-state index in [1.54, 1.807) is 0 Å². The van der Waals surface area contributed by atoms with Crippen molar-refractivity contribution < 1.29 is 45.8 Å². The fourth-order valence-corrected chi connectivity index (χ4v) is 6.45. The molecule has 2 unspecified atom stereocenters. The monoisotopic (exact) mass is 670 g/mol. The Morgan fingerprint density at radius 3 is 2.48 bits per heavy atom. The Morgan fingerprint density at radius 2 is 1.87 bits per heavy atom. The van der Waals surface area contributed by atoms with Gasteiger partial charge in [-0.25, -0.2) is 18.0 Å². The van der Waals surface area contributed by atoms with E-state index < -0.39 is 67.0 Å². The van der Waals surface area contributed by atoms with Crippen molar-refractivity contribution in [3.8, 4) is 11.3 Å². The van der Waals surface area contributed by atoms with Gasteiger partial charge in [0.2, 0.25) is 5.91 Å². The Bertz CT molecular complexity index is 1710. The van der Waals surface area contributed by atoms with Crippen molar-refractivity contribution in [3.05, 3.63) is 75.2 Å². The molecule has 1 aliphatic heterocycles. The van der Waals surface area contributed by atoms with E-state index in [-0.39, 0.29) is 64.5 Å². The molecular formula is C31H29ClF6N4O4. The van der Waals surface area contributed by atoms with Crippen LogP contribution in [0.1, 0.15) is 50.4 Å². The van der Waals surface area contributed by atoms with E-state index in [0.29, 0.717) is 5.56 Å². The van der Waals surface area contributed by atoms with Gasteiger partial charge in [-0.1, -0.05) is 23.7 Å². The lowest BCUT2D eigenvalue weighted by atomic mass is 9.84. The van der Waals surface area contributed by atoms with Crippen LogP contribution in [-0.2, 0) is 24.1 Å². The number of likely N-dealkylation sites (N-methyl/N-ethyl adjacent to an activating group) is 1. The van der Waals surface area contributed by atoms with Crippen molar-refractivity contribution in [2.24, 2.45) is 5.92 Å². The third-order valence-electron chi connectivity index (χ3n) is 8.49. The molecule has 0 saturated carbocycles. The van der Waals surface area contributed by atoms with E-state index in [1.165, 1.54) is 43.3 Å². The van der Waals surface area contributed by atoms with Gasteiger partial charge in [-0.15, -0.1) is 0 Å². The van der Waals surface area contributed by atoms with Crippen molar-refractivity contribution in [1.29, 1.82) is 0 Å². The van der Waals surface area contributed by atoms with Crippen molar-refractivity contribution in [2.45, 2.75) is 50.2 Å². The SMILES string of the molecule is CN(C)C1CN(C(=O)C2CCc3c(-c4ccc(C(=O)O)cc4F)nn(C(=O)c4c(Cl)cccc4CCC(F)(F)F)c3C2)CC1(F)F. The highest BCUT2D eigenvalue weighted by atomic mass is 35.5. The summed E-state index contributed by atoms with van der Waals surface area (Å²) >= 11 is 6.34. The average molecular weight is 671 g/mol. The molecule has 1 N–H and O–H groups in total. The van der Waals surface area contributed by atoms with E-state index in [0.717, 1.165) is 21.7 Å². The van der Waals surface area contributed by atoms with Gasteiger partial charge in [0.05, 0.1) is 40.1 Å². The molecule has 0 spiro atoms. The number of likely N-dealkylation sites (tertiary alicyclic amines) is 1. The molecule has 2 aliphatic rings. The Morgan fingerprint density at radius 1 is 1.15 bits per heavy atom. The number of fused-ring (bicyclic) bond motifs is 1. The van der Waals surface area contributed by atoms with Gasteiger partial charge in [0, 0.05) is 36.4 Å². The number of halogens is 7. The maximum Gasteiger partial charge on any atom is 0.389 e. The summed E-state index contributed by atoms with van der Waals surface area (Å²) in [5.41, 5.74) is -0.233. The Hall–Kier alpha value is -3.91. The first kappa shape index (κ1) is 33.5. The lowest BCUT2D eigenvalue weighted by Crippen LogP contribution is -2.42. The number of alkyl halides is 5. The minimum absolute atomic E-state index is 0.00456. The summed E-state index contributed by atoms with van der Waals surface area (Å²) in [4.78, 5) is 41.4. The summed E-state index contributed by atoms with van der Waals surface area (Å²) in [6.45, 7) is -1.00. The molecule has 15 heteroatoms. The van der Waals surface area contributed by atoms with E-state index >= 15 is 4.39 Å². The number of carboxylic acid groups (broad SMARTS) is 1. The van der Waals surface area contributed by atoms with Crippen LogP contribution in [0.4, 0.5) is 26.3 Å². The predicted octanol–water partition coefficient (Wildman–Crippen LogP) is 5.74. The number of aromatic carboxylic acids is 1. The second-order valence-electron chi connectivity index (χ2n) is 11.8. The smallest absolute Gasteiger partial charge is 0.389 e. The quantitative estimate of drug-likeness (QED) is 0.323. The zero-order valence-corrected chi connectivity index (χ0v) is 25.4. The van der Waals surface area contributed by atoms with E-state index in [9.17, 15) is 41.4 Å². The Balaban J connectivity index is 1.57. The van der Waals surface area contributed by atoms with Crippen molar-refractivity contribution in [1.82, 2.24) is 19.6 Å². The van der Waals surface area contributed by atoms with Gasteiger partial charge >= 0.3 is 12.1 Å². The van der Waals surface area contributed by atoms with Gasteiger partial charge in [-0.3, -0.25) is 14.5 Å². The summed E-state index contributed by atoms with van der Waals surface area (Å²) in [6, 6.07) is 5.99. The molecule has 2 atom stereocenters. The van der Waals surface area contributed by atoms with Gasteiger partial charge in [0.15, 0.2) is 0 Å². The first-order valence-corrected chi connectivity index (χ1v) is 14.7. The largest absolute Gasteiger partial charge is 0.478 e. The van der Waals surface area contributed by atoms with Crippen molar-refractivity contribution in [3.63, 3.8) is 0 Å². The normalized spacial score (nSPS) is 19.4. The lowest BCUT2D eigenvalue weighted by Gasteiger charge is -2.27. The zero-order valence-electron chi connectivity index (χ0n) is 24.7. The number of aromatic nitrogens is 2. The second kappa shape index (κ2) is 12.4. The van der Waals surface area contributed by atoms with Crippen molar-refractivity contribution in [2.75, 3.05) is 27.2 Å². The van der Waals surface area contributed by atoms with Crippen LogP contribution >= 0.6 is 11.6 Å². The molecule has 1 fully saturated rings. The first-order chi connectivity index (χ1) is 21.5. The van der Waals surface area contributed by atoms with Gasteiger partial charge in [-0.05, 0) is 63.2 Å². The number of carbonyl (C=O) groups excluding carboxylic acids is 2. The fraction of sp³-hybridized carbons (Fsp3) is 0.419. The maximum absolute atomic E-state index is 15.3. The van der Waals surface area contributed by atoms with E-state index in [2.05, 4.69) is 5.10 Å². The summed E-state index contributed by atoms with van der Waals surface area (Å²) < 4.78 is 84.9. The molecule has 46 heavy (non-hydrogen) atoms. The van der Waals surface area contributed by atoms with Gasteiger partial charge < -0.3 is 10.0 Å². The Labute approximate surface area is 264 Å². The second-order valence-corrected chi connectivity index (χ2v) is 12.2. The fourth-order valence-electron chi connectivity index (χ4n) is 6.18. The number of carbonyl (C=O) groups is 3. The molecule has 5 rings (SSSR count). The average Bonchev–Trinajstić information content (AvgIpc) is 3.51. The first-order valence-electron chi connectivity index (χ1n) is 14.3. The third kappa shape index (κ3) is 6.50. The summed E-state index contributed by atoms with van der Waals surface area (Å²) in [6.07, 6.45) is -6.23. The van der Waals surface area contributed by atoms with Crippen LogP contribution in [-0.4, -0.2) is 87.8 Å². The highest BCUT2D eigenvalue weighted by Gasteiger charge is 2.51. The minimum atomic E-state index is -4.52. The maximum atomic E-state index is 15.3. The van der Waals surface area contributed by atoms with Crippen LogP contribution in [0.25, 0.3) is 11.3 Å². The number of amides is 1. The number of aryl methyl sites for hydroxylation is 1. The summed E-state index contributed by atoms with van der Waals surface area (Å²) in [5.74, 6) is -7.80. The van der Waals surface area contributed by atoms with Crippen LogP contribution < -0.4 is 0 Å². The number of hydrogen-bond acceptors (Lipinski definition) is 5. The molecule has 2 aromatic carbocycles. The third-order valence-corrected chi connectivity index (χ3v) is 8.81. The molecular weight excluding hydrogens is 642 g/mol. The van der Waals surface area contributed by atoms with Crippen LogP contribution in [0.5, 0.6) is 0 Å². The van der Waals surface area contributed by atoms with Crippen LogP contribution in [0.3, 0.4) is 0 Å². The number of rotatable bonds is 7. The lowest BCUT2D eigenvalue weighted by molar-refractivity contribution is -0.136. The standard InChI is InChI=1S/C31H29ClF6N4O4/c1-40(2)24-14-41(15-30(24,34)35)27(43)17-6-9-20-23(13-17)42(39-26(20)19-8-7-18(29(45)46)12-22(19)33)28(44)25-16(4-3-5-21(25)32)10-11-31(36,37)38/h3-5,7-8,12,17,24H,6,9-11,13-15H2,1-2H3,(H,45,46). The molecule has 246 valence electrons. The van der Waals surface area contributed by atoms with Crippen LogP contribution in [0, 0.1) is 11.7 Å². The number of hydrogen-bond donors (Lipinski definition) is 1. The summed E-state index contributed by atoms with van der Waals surface area (Å²) in [5, 5.41) is 13.5. The molecule has 1 aliphatic carbocycles. The predicted molar refractivity (Wildman–Crippen MR) is 155 cm³/mol. The molecule has 3 aromatic rings. The topological polar surface area (TPSA) is 95.7 Å². The molecule has 1 aromatic heterocycles. The number of nitrogens with zero attached hydrogens (tertiary/aromatic N) is 4.